The fourth-order valence-electron chi connectivity index (χ4n) is 7.44. The van der Waals surface area contributed by atoms with Crippen LogP contribution in [-0.4, -0.2) is 94.6 Å². The number of hydroxylamine groups is 2. The summed E-state index contributed by atoms with van der Waals surface area (Å²) in [5.74, 6) is -2.74. The Morgan fingerprint density at radius 3 is 2.33 bits per heavy atom. The lowest BCUT2D eigenvalue weighted by molar-refractivity contribution is -0.224. The number of rotatable bonds is 16. The van der Waals surface area contributed by atoms with Gasteiger partial charge in [0.25, 0.3) is 0 Å². The predicted molar refractivity (Wildman–Crippen MR) is 175 cm³/mol. The zero-order valence-corrected chi connectivity index (χ0v) is 29.1. The molecule has 2 bridgehead atoms. The van der Waals surface area contributed by atoms with Crippen LogP contribution in [0.2, 0.25) is 0 Å². The standard InChI is InChI=1S/C33H48IN3O9/c1-4-6-8-14-32(15-9-7-5-2)44-25-23-18-33(31(42)36-24(20(3)39)29(40)35-16-17-38)27(30(41)43-23)37(46-28(33)26(25)45-32)19-21-10-12-22(34)13-11-21/h10-13,20,23-28,38-39H,4-9,14-19H2,1-3H3,(H,35,40)(H,36,42)/t20-,23+,24+,25-,26-,27+,28+,33+/m0/s1. The van der Waals surface area contributed by atoms with Gasteiger partial charge in [-0.05, 0) is 60.1 Å². The number of fused-ring (bicyclic) bond motifs is 4. The number of carbonyl (C=O) groups excluding carboxylic acids is 3. The molecule has 2 amide bonds. The highest BCUT2D eigenvalue weighted by atomic mass is 127. The van der Waals surface area contributed by atoms with Gasteiger partial charge in [-0.2, -0.15) is 5.06 Å². The van der Waals surface area contributed by atoms with Gasteiger partial charge in [0, 0.05) is 29.4 Å². The molecule has 0 aromatic heterocycles. The van der Waals surface area contributed by atoms with E-state index in [2.05, 4.69) is 47.1 Å². The fourth-order valence-corrected chi connectivity index (χ4v) is 7.80. The van der Waals surface area contributed by atoms with Crippen molar-refractivity contribution in [2.75, 3.05) is 13.2 Å². The summed E-state index contributed by atoms with van der Waals surface area (Å²) in [6, 6.07) is 5.35. The minimum atomic E-state index is -1.49. The Kier molecular flexibility index (Phi) is 11.6. The Balaban J connectivity index is 1.52. The number of unbranched alkanes of at least 4 members (excludes halogenated alkanes) is 4. The number of amides is 2. The molecule has 13 heteroatoms. The third kappa shape index (κ3) is 6.96. The first-order chi connectivity index (χ1) is 22.1. The lowest BCUT2D eigenvalue weighted by atomic mass is 9.62. The largest absolute Gasteiger partial charge is 0.458 e. The molecule has 4 fully saturated rings. The van der Waals surface area contributed by atoms with Crippen molar-refractivity contribution < 1.29 is 43.6 Å². The number of hydrogen-bond acceptors (Lipinski definition) is 10. The molecule has 0 unspecified atom stereocenters. The minimum Gasteiger partial charge on any atom is -0.458 e. The van der Waals surface area contributed by atoms with Crippen molar-refractivity contribution in [1.82, 2.24) is 15.7 Å². The molecule has 5 rings (SSSR count). The number of esters is 1. The molecule has 1 aromatic carbocycles. The second-order valence-corrected chi connectivity index (χ2v) is 14.3. The van der Waals surface area contributed by atoms with Gasteiger partial charge in [0.2, 0.25) is 11.8 Å². The van der Waals surface area contributed by atoms with Gasteiger partial charge in [-0.3, -0.25) is 19.2 Å². The fraction of sp³-hybridized carbons (Fsp3) is 0.727. The van der Waals surface area contributed by atoms with Crippen molar-refractivity contribution in [3.8, 4) is 0 Å². The van der Waals surface area contributed by atoms with E-state index in [0.717, 1.165) is 47.7 Å². The van der Waals surface area contributed by atoms with E-state index >= 15 is 0 Å². The molecule has 1 aliphatic carbocycles. The minimum absolute atomic E-state index is 0.0390. The maximum absolute atomic E-state index is 14.6. The van der Waals surface area contributed by atoms with Crippen molar-refractivity contribution in [3.63, 3.8) is 0 Å². The number of halogens is 1. The van der Waals surface area contributed by atoms with Crippen LogP contribution in [0.25, 0.3) is 0 Å². The topological polar surface area (TPSA) is 156 Å². The summed E-state index contributed by atoms with van der Waals surface area (Å²) in [5, 5.41) is 26.5. The Hall–Kier alpha value is -1.88. The van der Waals surface area contributed by atoms with E-state index in [1.807, 2.05) is 24.3 Å². The molecule has 3 saturated heterocycles. The van der Waals surface area contributed by atoms with Crippen LogP contribution < -0.4 is 10.6 Å². The van der Waals surface area contributed by atoms with E-state index in [1.54, 1.807) is 0 Å². The van der Waals surface area contributed by atoms with Crippen molar-refractivity contribution in [3.05, 3.63) is 33.4 Å². The summed E-state index contributed by atoms with van der Waals surface area (Å²) >= 11 is 2.22. The van der Waals surface area contributed by atoms with Crippen molar-refractivity contribution >= 4 is 40.4 Å². The molecule has 3 aliphatic heterocycles. The Bertz CT molecular complexity index is 1220. The lowest BCUT2D eigenvalue weighted by Gasteiger charge is -2.49. The number of hydrogen-bond donors (Lipinski definition) is 4. The van der Waals surface area contributed by atoms with Crippen molar-refractivity contribution in [2.24, 2.45) is 5.41 Å². The summed E-state index contributed by atoms with van der Waals surface area (Å²) in [7, 11) is 0. The van der Waals surface area contributed by atoms with E-state index in [0.29, 0.717) is 12.8 Å². The molecule has 1 saturated carbocycles. The first-order valence-electron chi connectivity index (χ1n) is 16.7. The number of ether oxygens (including phenoxy) is 3. The van der Waals surface area contributed by atoms with E-state index in [9.17, 15) is 24.6 Å². The molecule has 12 nitrogen and oxygen atoms in total. The van der Waals surface area contributed by atoms with Gasteiger partial charge in [-0.15, -0.1) is 0 Å². The van der Waals surface area contributed by atoms with E-state index < -0.39 is 71.6 Å². The van der Waals surface area contributed by atoms with Crippen molar-refractivity contribution in [2.45, 2.75) is 133 Å². The lowest BCUT2D eigenvalue weighted by Crippen LogP contribution is -2.71. The van der Waals surface area contributed by atoms with Crippen LogP contribution in [0.3, 0.4) is 0 Å². The zero-order chi connectivity index (χ0) is 33.1. The summed E-state index contributed by atoms with van der Waals surface area (Å²) in [6.45, 7) is 5.56. The average Bonchev–Trinajstić information content (AvgIpc) is 3.58. The van der Waals surface area contributed by atoms with Gasteiger partial charge >= 0.3 is 5.97 Å². The van der Waals surface area contributed by atoms with Gasteiger partial charge in [0.1, 0.15) is 35.9 Å². The normalized spacial score (nSPS) is 30.7. The number of nitrogens with one attached hydrogen (secondary N) is 2. The van der Waals surface area contributed by atoms with Crippen LogP contribution in [0.15, 0.2) is 24.3 Å². The van der Waals surface area contributed by atoms with E-state index in [1.165, 1.54) is 12.0 Å². The van der Waals surface area contributed by atoms with E-state index in [4.69, 9.17) is 19.0 Å². The van der Waals surface area contributed by atoms with Crippen LogP contribution in [0.5, 0.6) is 0 Å². The van der Waals surface area contributed by atoms with Crippen LogP contribution in [0.4, 0.5) is 0 Å². The molecule has 0 spiro atoms. The molecule has 4 N–H and O–H groups in total. The van der Waals surface area contributed by atoms with Gasteiger partial charge in [0.15, 0.2) is 11.8 Å². The van der Waals surface area contributed by atoms with Crippen LogP contribution in [0.1, 0.15) is 84.1 Å². The zero-order valence-electron chi connectivity index (χ0n) is 26.9. The molecular formula is C33H48IN3O9. The Labute approximate surface area is 284 Å². The number of carbonyl (C=O) groups is 3. The number of benzene rings is 1. The third-order valence-corrected chi connectivity index (χ3v) is 10.4. The van der Waals surface area contributed by atoms with E-state index in [-0.39, 0.29) is 26.1 Å². The molecule has 1 aromatic rings. The third-order valence-electron chi connectivity index (χ3n) is 9.71. The van der Waals surface area contributed by atoms with Gasteiger partial charge < -0.3 is 35.1 Å². The first kappa shape index (κ1) is 35.4. The Morgan fingerprint density at radius 1 is 1.07 bits per heavy atom. The number of aliphatic hydroxyl groups is 2. The van der Waals surface area contributed by atoms with Gasteiger partial charge in [-0.25, -0.2) is 0 Å². The average molecular weight is 758 g/mol. The van der Waals surface area contributed by atoms with Crippen LogP contribution in [-0.2, 0) is 40.0 Å². The quantitative estimate of drug-likeness (QED) is 0.112. The molecular weight excluding hydrogens is 709 g/mol. The summed E-state index contributed by atoms with van der Waals surface area (Å²) in [5.41, 5.74) is -0.607. The van der Waals surface area contributed by atoms with Gasteiger partial charge in [-0.1, -0.05) is 51.7 Å². The highest BCUT2D eigenvalue weighted by Gasteiger charge is 2.76. The molecule has 4 aliphatic rings. The highest BCUT2D eigenvalue weighted by molar-refractivity contribution is 14.1. The molecule has 46 heavy (non-hydrogen) atoms. The summed E-state index contributed by atoms with van der Waals surface area (Å²) in [6.07, 6.45) is 3.14. The monoisotopic (exact) mass is 757 g/mol. The predicted octanol–water partition coefficient (Wildman–Crippen LogP) is 2.71. The SMILES string of the molecule is CCCCCC1(CCCCC)O[C@@H]2[C@H](O1)[C@H]1ON(Cc3ccc(I)cc3)[C@@H]3C(=O)O[C@@H]2C[C@]13C(=O)N[C@@H](C(=O)NCCO)[C@H](C)O. The maximum atomic E-state index is 14.6. The Morgan fingerprint density at radius 2 is 1.72 bits per heavy atom. The van der Waals surface area contributed by atoms with Crippen LogP contribution in [0, 0.1) is 8.99 Å². The number of aliphatic hydroxyl groups excluding tert-OH is 2. The molecule has 0 radical (unpaired) electrons. The molecule has 3 heterocycles. The summed E-state index contributed by atoms with van der Waals surface area (Å²) in [4.78, 5) is 48.1. The highest BCUT2D eigenvalue weighted by Crippen LogP contribution is 2.58. The summed E-state index contributed by atoms with van der Waals surface area (Å²) < 4.78 is 20.8. The van der Waals surface area contributed by atoms with Gasteiger partial charge in [0.05, 0.1) is 19.3 Å². The molecule has 8 atom stereocenters. The van der Waals surface area contributed by atoms with Crippen molar-refractivity contribution in [1.29, 1.82) is 0 Å². The smallest absolute Gasteiger partial charge is 0.327 e. The molecule has 256 valence electrons. The first-order valence-corrected chi connectivity index (χ1v) is 17.8. The maximum Gasteiger partial charge on any atom is 0.327 e. The second-order valence-electron chi connectivity index (χ2n) is 13.0. The van der Waals surface area contributed by atoms with Crippen LogP contribution >= 0.6 is 22.6 Å². The second kappa shape index (κ2) is 15.1. The number of nitrogens with zero attached hydrogens (tertiary/aromatic N) is 1.